The quantitative estimate of drug-likeness (QED) is 0.831. The number of likely N-dealkylation sites (tertiary alicyclic amines) is 1. The normalized spacial score (nSPS) is 25.3. The molecule has 0 radical (unpaired) electrons. The molecule has 1 aliphatic carbocycles. The van der Waals surface area contributed by atoms with Gasteiger partial charge >= 0.3 is 6.09 Å². The number of hydrogen-bond acceptors (Lipinski definition) is 4. The van der Waals surface area contributed by atoms with Gasteiger partial charge in [-0.3, -0.25) is 9.58 Å². The minimum Gasteiger partial charge on any atom is -0.446 e. The van der Waals surface area contributed by atoms with Gasteiger partial charge in [-0.1, -0.05) is 0 Å². The molecule has 3 rings (SSSR count). The summed E-state index contributed by atoms with van der Waals surface area (Å²) < 4.78 is 21.1. The number of hydrogen-bond donors (Lipinski definition) is 0. The Morgan fingerprint density at radius 3 is 2.91 bits per heavy atom. The van der Waals surface area contributed by atoms with Crippen molar-refractivity contribution in [2.45, 2.75) is 50.5 Å². The van der Waals surface area contributed by atoms with Gasteiger partial charge in [-0.05, 0) is 31.7 Å². The number of alkyl halides is 1. The average molecular weight is 324 g/mol. The van der Waals surface area contributed by atoms with Crippen LogP contribution in [-0.2, 0) is 18.3 Å². The second-order valence-corrected chi connectivity index (χ2v) is 6.68. The molecular formula is C16H25FN4O2. The van der Waals surface area contributed by atoms with Gasteiger partial charge in [0.05, 0.1) is 5.69 Å². The van der Waals surface area contributed by atoms with Crippen molar-refractivity contribution in [1.82, 2.24) is 19.6 Å². The highest BCUT2D eigenvalue weighted by atomic mass is 19.1. The molecule has 2 heterocycles. The maximum Gasteiger partial charge on any atom is 0.409 e. The maximum absolute atomic E-state index is 13.9. The molecule has 0 aromatic carbocycles. The predicted molar refractivity (Wildman–Crippen MR) is 83.7 cm³/mol. The zero-order valence-corrected chi connectivity index (χ0v) is 13.8. The largest absolute Gasteiger partial charge is 0.446 e. The number of likely N-dealkylation sites (N-methyl/N-ethyl adjacent to an activating group) is 1. The summed E-state index contributed by atoms with van der Waals surface area (Å²) in [5.74, 6) is 0. The Morgan fingerprint density at radius 2 is 2.30 bits per heavy atom. The first-order valence-corrected chi connectivity index (χ1v) is 8.29. The van der Waals surface area contributed by atoms with Crippen molar-refractivity contribution in [1.29, 1.82) is 0 Å². The molecule has 1 aliphatic heterocycles. The summed E-state index contributed by atoms with van der Waals surface area (Å²) in [4.78, 5) is 15.7. The third-order valence-electron chi connectivity index (χ3n) is 4.88. The summed E-state index contributed by atoms with van der Waals surface area (Å²) in [7, 11) is 3.62. The van der Waals surface area contributed by atoms with Crippen molar-refractivity contribution >= 4 is 6.09 Å². The van der Waals surface area contributed by atoms with Crippen LogP contribution >= 0.6 is 0 Å². The van der Waals surface area contributed by atoms with Gasteiger partial charge in [-0.15, -0.1) is 0 Å². The van der Waals surface area contributed by atoms with Crippen LogP contribution in [0.2, 0.25) is 0 Å². The van der Waals surface area contributed by atoms with E-state index in [2.05, 4.69) is 10.00 Å². The van der Waals surface area contributed by atoms with Crippen LogP contribution < -0.4 is 0 Å². The molecule has 7 heteroatoms. The van der Waals surface area contributed by atoms with Crippen LogP contribution in [0.4, 0.5) is 9.18 Å². The van der Waals surface area contributed by atoms with Gasteiger partial charge in [0, 0.05) is 46.0 Å². The van der Waals surface area contributed by atoms with E-state index in [4.69, 9.17) is 4.74 Å². The fraction of sp³-hybridized carbons (Fsp3) is 0.750. The number of aryl methyl sites for hydroxylation is 1. The van der Waals surface area contributed by atoms with Crippen LogP contribution in [0, 0.1) is 0 Å². The van der Waals surface area contributed by atoms with Crippen LogP contribution in [-0.4, -0.2) is 64.1 Å². The predicted octanol–water partition coefficient (Wildman–Crippen LogP) is 1.95. The minimum absolute atomic E-state index is 0.0128. The maximum atomic E-state index is 13.9. The Balaban J connectivity index is 1.55. The number of rotatable bonds is 5. The van der Waals surface area contributed by atoms with Gasteiger partial charge in [0.25, 0.3) is 0 Å². The third kappa shape index (κ3) is 3.83. The van der Waals surface area contributed by atoms with Gasteiger partial charge < -0.3 is 9.64 Å². The summed E-state index contributed by atoms with van der Waals surface area (Å²) in [5, 5.41) is 4.15. The first kappa shape index (κ1) is 16.2. The van der Waals surface area contributed by atoms with Gasteiger partial charge in [-0.25, -0.2) is 9.18 Å². The zero-order valence-electron chi connectivity index (χ0n) is 13.8. The fourth-order valence-electron chi connectivity index (χ4n) is 3.18. The summed E-state index contributed by atoms with van der Waals surface area (Å²) in [6.07, 6.45) is 4.19. The van der Waals surface area contributed by atoms with Gasteiger partial charge in [0.2, 0.25) is 0 Å². The molecule has 0 N–H and O–H groups in total. The minimum atomic E-state index is -0.843. The van der Waals surface area contributed by atoms with Crippen molar-refractivity contribution in [3.8, 4) is 0 Å². The second-order valence-electron chi connectivity index (χ2n) is 6.68. The van der Waals surface area contributed by atoms with Crippen molar-refractivity contribution in [3.63, 3.8) is 0 Å². The average Bonchev–Trinajstić information content (AvgIpc) is 3.01. The topological polar surface area (TPSA) is 50.6 Å². The summed E-state index contributed by atoms with van der Waals surface area (Å²) in [6, 6.07) is 1.95. The van der Waals surface area contributed by atoms with Gasteiger partial charge in [0.1, 0.15) is 12.3 Å². The lowest BCUT2D eigenvalue weighted by Crippen LogP contribution is -2.42. The molecule has 6 nitrogen and oxygen atoms in total. The Morgan fingerprint density at radius 1 is 1.52 bits per heavy atom. The van der Waals surface area contributed by atoms with E-state index in [1.54, 1.807) is 22.8 Å². The van der Waals surface area contributed by atoms with E-state index in [1.807, 2.05) is 13.1 Å². The molecule has 1 saturated heterocycles. The zero-order chi connectivity index (χ0) is 16.4. The first-order chi connectivity index (χ1) is 11.0. The van der Waals surface area contributed by atoms with Crippen molar-refractivity contribution < 1.29 is 13.9 Å². The van der Waals surface area contributed by atoms with Crippen molar-refractivity contribution in [2.24, 2.45) is 7.05 Å². The first-order valence-electron chi connectivity index (χ1n) is 8.29. The molecule has 0 unspecified atom stereocenters. The number of carbonyl (C=O) groups excluding carboxylic acids is 1. The summed E-state index contributed by atoms with van der Waals surface area (Å²) in [6.45, 7) is 1.54. The molecule has 1 amide bonds. The van der Waals surface area contributed by atoms with Crippen molar-refractivity contribution in [3.05, 3.63) is 18.0 Å². The number of carbonyl (C=O) groups is 1. The van der Waals surface area contributed by atoms with E-state index < -0.39 is 6.17 Å². The molecule has 2 atom stereocenters. The number of ether oxygens (including phenoxy) is 1. The Kier molecular flexibility index (Phi) is 4.84. The summed E-state index contributed by atoms with van der Waals surface area (Å²) >= 11 is 0. The van der Waals surface area contributed by atoms with E-state index >= 15 is 0 Å². The Bertz CT molecular complexity index is 546. The van der Waals surface area contributed by atoms with E-state index in [9.17, 15) is 9.18 Å². The van der Waals surface area contributed by atoms with Crippen LogP contribution in [0.1, 0.15) is 31.4 Å². The Labute approximate surface area is 136 Å². The van der Waals surface area contributed by atoms with E-state index in [0.717, 1.165) is 25.0 Å². The van der Waals surface area contributed by atoms with E-state index in [1.165, 1.54) is 0 Å². The second kappa shape index (κ2) is 6.86. The van der Waals surface area contributed by atoms with E-state index in [0.29, 0.717) is 26.1 Å². The Hall–Kier alpha value is -1.63. The number of aromatic nitrogens is 2. The lowest BCUT2D eigenvalue weighted by atomic mass is 9.96. The van der Waals surface area contributed by atoms with Gasteiger partial charge in [-0.2, -0.15) is 5.10 Å². The molecule has 23 heavy (non-hydrogen) atoms. The fourth-order valence-corrected chi connectivity index (χ4v) is 3.18. The molecule has 2 aliphatic rings. The molecule has 0 bridgehead atoms. The third-order valence-corrected chi connectivity index (χ3v) is 4.88. The number of amides is 1. The highest BCUT2D eigenvalue weighted by Gasteiger charge is 2.34. The van der Waals surface area contributed by atoms with Crippen LogP contribution in [0.25, 0.3) is 0 Å². The lowest BCUT2D eigenvalue weighted by molar-refractivity contribution is 0.0274. The van der Waals surface area contributed by atoms with Crippen LogP contribution in [0.3, 0.4) is 0 Å². The number of nitrogens with zero attached hydrogens (tertiary/aromatic N) is 4. The van der Waals surface area contributed by atoms with Gasteiger partial charge in [0.15, 0.2) is 0 Å². The number of halogens is 1. The molecule has 1 aromatic heterocycles. The molecule has 1 aromatic rings. The highest BCUT2D eigenvalue weighted by molar-refractivity contribution is 5.67. The monoisotopic (exact) mass is 324 g/mol. The summed E-state index contributed by atoms with van der Waals surface area (Å²) in [5.41, 5.74) is 1.05. The molecule has 0 spiro atoms. The molecule has 1 saturated carbocycles. The molecule has 128 valence electrons. The van der Waals surface area contributed by atoms with Crippen molar-refractivity contribution in [2.75, 3.05) is 20.1 Å². The smallest absolute Gasteiger partial charge is 0.409 e. The van der Waals surface area contributed by atoms with Crippen LogP contribution in [0.15, 0.2) is 12.3 Å². The SMILES string of the molecule is CN(C[C@@H]1C[C@H](F)CN1Cc1ccnn1C)C(=O)OC1CCC1. The highest BCUT2D eigenvalue weighted by Crippen LogP contribution is 2.25. The van der Waals surface area contributed by atoms with E-state index in [-0.39, 0.29) is 18.2 Å². The lowest BCUT2D eigenvalue weighted by Gasteiger charge is -2.31. The molecular weight excluding hydrogens is 299 g/mol. The molecule has 2 fully saturated rings. The van der Waals surface area contributed by atoms with Crippen LogP contribution in [0.5, 0.6) is 0 Å². The standard InChI is InChI=1S/C16H25FN4O2/c1-19(16(22)23-15-4-3-5-15)10-14-8-12(17)9-21(14)11-13-6-7-18-20(13)2/h6-7,12,14-15H,3-5,8-11H2,1-2H3/t12-,14-/m0/s1.